The summed E-state index contributed by atoms with van der Waals surface area (Å²) in [6.07, 6.45) is 0.825. The Balaban J connectivity index is 1.76. The lowest BCUT2D eigenvalue weighted by atomic mass is 10.1. The van der Waals surface area contributed by atoms with Gasteiger partial charge in [0, 0.05) is 18.8 Å². The summed E-state index contributed by atoms with van der Waals surface area (Å²) in [4.78, 5) is 12.0. The van der Waals surface area contributed by atoms with Gasteiger partial charge in [-0.2, -0.15) is 5.10 Å². The van der Waals surface area contributed by atoms with Gasteiger partial charge in [-0.05, 0) is 31.9 Å². The Hall–Kier alpha value is -1.81. The van der Waals surface area contributed by atoms with Crippen LogP contribution in [-0.4, -0.2) is 22.2 Å². The smallest absolute Gasteiger partial charge is 0.242 e. The van der Waals surface area contributed by atoms with E-state index < -0.39 is 5.38 Å². The predicted molar refractivity (Wildman–Crippen MR) is 84.4 cm³/mol. The van der Waals surface area contributed by atoms with Crippen LogP contribution in [0.1, 0.15) is 28.7 Å². The minimum absolute atomic E-state index is 0.156. The standard InChI is InChI=1S/C16H20ClN3O/c1-12-11-13(2)20(19-12)10-6-9-18-16(21)15(17)14-7-4-3-5-8-14/h3-5,7-8,11,15H,6,9-10H2,1-2H3,(H,18,21). The maximum absolute atomic E-state index is 12.0. The van der Waals surface area contributed by atoms with Crippen LogP contribution in [0.2, 0.25) is 0 Å². The number of carbonyl (C=O) groups excluding carboxylic acids is 1. The van der Waals surface area contributed by atoms with E-state index in [9.17, 15) is 4.79 Å². The second-order valence-electron chi connectivity index (χ2n) is 5.07. The highest BCUT2D eigenvalue weighted by Crippen LogP contribution is 2.19. The molecule has 1 aromatic carbocycles. The highest BCUT2D eigenvalue weighted by molar-refractivity contribution is 6.30. The third-order valence-corrected chi connectivity index (χ3v) is 3.72. The molecule has 4 nitrogen and oxygen atoms in total. The SMILES string of the molecule is Cc1cc(C)n(CCCNC(=O)C(Cl)c2ccccc2)n1. The summed E-state index contributed by atoms with van der Waals surface area (Å²) < 4.78 is 1.96. The van der Waals surface area contributed by atoms with Crippen molar-refractivity contribution in [2.45, 2.75) is 32.2 Å². The van der Waals surface area contributed by atoms with E-state index in [-0.39, 0.29) is 5.91 Å². The molecule has 0 saturated heterocycles. The fourth-order valence-electron chi connectivity index (χ4n) is 2.20. The van der Waals surface area contributed by atoms with Crippen LogP contribution in [-0.2, 0) is 11.3 Å². The van der Waals surface area contributed by atoms with Gasteiger partial charge in [0.15, 0.2) is 0 Å². The molecule has 5 heteroatoms. The largest absolute Gasteiger partial charge is 0.354 e. The quantitative estimate of drug-likeness (QED) is 0.659. The van der Waals surface area contributed by atoms with Gasteiger partial charge in [0.25, 0.3) is 0 Å². The van der Waals surface area contributed by atoms with E-state index >= 15 is 0 Å². The number of aryl methyl sites for hydroxylation is 3. The molecule has 1 unspecified atom stereocenters. The molecule has 2 aromatic rings. The minimum Gasteiger partial charge on any atom is -0.354 e. The van der Waals surface area contributed by atoms with E-state index in [0.717, 1.165) is 29.9 Å². The predicted octanol–water partition coefficient (Wildman–Crippen LogP) is 2.99. The van der Waals surface area contributed by atoms with Crippen LogP contribution in [0.15, 0.2) is 36.4 Å². The van der Waals surface area contributed by atoms with Crippen molar-refractivity contribution in [2.24, 2.45) is 0 Å². The number of hydrogen-bond donors (Lipinski definition) is 1. The molecule has 0 fully saturated rings. The van der Waals surface area contributed by atoms with E-state index in [1.54, 1.807) is 0 Å². The van der Waals surface area contributed by atoms with E-state index in [4.69, 9.17) is 11.6 Å². The Bertz CT molecular complexity index is 595. The van der Waals surface area contributed by atoms with Crippen LogP contribution in [0.3, 0.4) is 0 Å². The molecule has 0 bridgehead atoms. The Labute approximate surface area is 130 Å². The first-order valence-corrected chi connectivity index (χ1v) is 7.49. The summed E-state index contributed by atoms with van der Waals surface area (Å²) in [5.41, 5.74) is 2.97. The summed E-state index contributed by atoms with van der Waals surface area (Å²) >= 11 is 6.15. The first-order chi connectivity index (χ1) is 10.1. The summed E-state index contributed by atoms with van der Waals surface area (Å²) in [6.45, 7) is 5.39. The van der Waals surface area contributed by atoms with Gasteiger partial charge < -0.3 is 5.32 Å². The molecule has 112 valence electrons. The lowest BCUT2D eigenvalue weighted by Gasteiger charge is -2.11. The van der Waals surface area contributed by atoms with Gasteiger partial charge in [-0.25, -0.2) is 0 Å². The van der Waals surface area contributed by atoms with Gasteiger partial charge in [0.1, 0.15) is 5.38 Å². The molecule has 1 heterocycles. The molecular formula is C16H20ClN3O. The molecule has 1 atom stereocenters. The highest BCUT2D eigenvalue weighted by atomic mass is 35.5. The number of benzene rings is 1. The number of hydrogen-bond acceptors (Lipinski definition) is 2. The highest BCUT2D eigenvalue weighted by Gasteiger charge is 2.16. The summed E-state index contributed by atoms with van der Waals surface area (Å²) in [5, 5.41) is 6.61. The average Bonchev–Trinajstić information content (AvgIpc) is 2.81. The van der Waals surface area contributed by atoms with Gasteiger partial charge in [0.2, 0.25) is 5.91 Å². The molecule has 2 rings (SSSR count). The molecule has 0 aliphatic rings. The van der Waals surface area contributed by atoms with Crippen LogP contribution in [0, 0.1) is 13.8 Å². The molecule has 0 radical (unpaired) electrons. The van der Waals surface area contributed by atoms with Crippen LogP contribution >= 0.6 is 11.6 Å². The Morgan fingerprint density at radius 2 is 2.05 bits per heavy atom. The summed E-state index contributed by atoms with van der Waals surface area (Å²) in [5.74, 6) is -0.156. The van der Waals surface area contributed by atoms with E-state index in [0.29, 0.717) is 6.54 Å². The first-order valence-electron chi connectivity index (χ1n) is 7.05. The van der Waals surface area contributed by atoms with Crippen LogP contribution in [0.25, 0.3) is 0 Å². The number of alkyl halides is 1. The normalized spacial score (nSPS) is 12.1. The number of amides is 1. The zero-order chi connectivity index (χ0) is 15.2. The molecule has 1 N–H and O–H groups in total. The van der Waals surface area contributed by atoms with Crippen molar-refractivity contribution in [3.05, 3.63) is 53.3 Å². The van der Waals surface area contributed by atoms with Gasteiger partial charge in [-0.1, -0.05) is 30.3 Å². The van der Waals surface area contributed by atoms with Crippen LogP contribution < -0.4 is 5.32 Å². The Kier molecular flexibility index (Phi) is 5.39. The van der Waals surface area contributed by atoms with Gasteiger partial charge in [-0.3, -0.25) is 9.48 Å². The number of halogens is 1. The van der Waals surface area contributed by atoms with Gasteiger partial charge >= 0.3 is 0 Å². The number of nitrogens with zero attached hydrogens (tertiary/aromatic N) is 2. The van der Waals surface area contributed by atoms with Gasteiger partial charge in [0.05, 0.1) is 5.69 Å². The Morgan fingerprint density at radius 1 is 1.33 bits per heavy atom. The van der Waals surface area contributed by atoms with Gasteiger partial charge in [-0.15, -0.1) is 11.6 Å². The second-order valence-corrected chi connectivity index (χ2v) is 5.50. The maximum Gasteiger partial charge on any atom is 0.242 e. The van der Waals surface area contributed by atoms with Crippen molar-refractivity contribution < 1.29 is 4.79 Å². The number of aromatic nitrogens is 2. The van der Waals surface area contributed by atoms with Crippen molar-refractivity contribution in [1.82, 2.24) is 15.1 Å². The minimum atomic E-state index is -0.639. The number of carbonyl (C=O) groups is 1. The van der Waals surface area contributed by atoms with Crippen molar-refractivity contribution in [2.75, 3.05) is 6.54 Å². The average molecular weight is 306 g/mol. The third-order valence-electron chi connectivity index (χ3n) is 3.27. The van der Waals surface area contributed by atoms with E-state index in [1.807, 2.05) is 54.9 Å². The van der Waals surface area contributed by atoms with E-state index in [1.165, 1.54) is 0 Å². The third kappa shape index (κ3) is 4.33. The zero-order valence-corrected chi connectivity index (χ0v) is 13.1. The van der Waals surface area contributed by atoms with E-state index in [2.05, 4.69) is 10.4 Å². The summed E-state index contributed by atoms with van der Waals surface area (Å²) in [7, 11) is 0. The maximum atomic E-state index is 12.0. The molecule has 1 aromatic heterocycles. The fraction of sp³-hybridized carbons (Fsp3) is 0.375. The molecule has 21 heavy (non-hydrogen) atoms. The second kappa shape index (κ2) is 7.27. The number of rotatable bonds is 6. The van der Waals surface area contributed by atoms with Crippen LogP contribution in [0.4, 0.5) is 0 Å². The molecule has 1 amide bonds. The zero-order valence-electron chi connectivity index (χ0n) is 12.3. The Morgan fingerprint density at radius 3 is 2.67 bits per heavy atom. The molecule has 0 spiro atoms. The molecule has 0 aliphatic carbocycles. The molecule has 0 saturated carbocycles. The lowest BCUT2D eigenvalue weighted by Crippen LogP contribution is -2.28. The molecule has 0 aliphatic heterocycles. The topological polar surface area (TPSA) is 46.9 Å². The van der Waals surface area contributed by atoms with Crippen molar-refractivity contribution >= 4 is 17.5 Å². The lowest BCUT2D eigenvalue weighted by molar-refractivity contribution is -0.120. The van der Waals surface area contributed by atoms with Crippen molar-refractivity contribution in [3.8, 4) is 0 Å². The van der Waals surface area contributed by atoms with Crippen molar-refractivity contribution in [3.63, 3.8) is 0 Å². The first kappa shape index (κ1) is 15.6. The number of nitrogens with one attached hydrogen (secondary N) is 1. The summed E-state index contributed by atoms with van der Waals surface area (Å²) in [6, 6.07) is 11.4. The monoisotopic (exact) mass is 305 g/mol. The van der Waals surface area contributed by atoms with Crippen molar-refractivity contribution in [1.29, 1.82) is 0 Å². The molecular weight excluding hydrogens is 286 g/mol. The fourth-order valence-corrected chi connectivity index (χ4v) is 2.43. The van der Waals surface area contributed by atoms with Crippen LogP contribution in [0.5, 0.6) is 0 Å².